The molecule has 0 aliphatic carbocycles. The van der Waals surface area contributed by atoms with Gasteiger partial charge in [-0.25, -0.2) is 4.98 Å². The number of nitrogens with zero attached hydrogens (tertiary/aromatic N) is 2. The number of para-hydroxylation sites is 2. The van der Waals surface area contributed by atoms with Crippen LogP contribution in [0.25, 0.3) is 21.8 Å². The summed E-state index contributed by atoms with van der Waals surface area (Å²) in [6.07, 6.45) is 1.02. The molecule has 1 N–H and O–H groups in total. The number of hydrogen-bond acceptors (Lipinski definition) is 3. The first-order chi connectivity index (χ1) is 17.2. The van der Waals surface area contributed by atoms with Gasteiger partial charge in [0.15, 0.2) is 0 Å². The molecule has 35 heavy (non-hydrogen) atoms. The van der Waals surface area contributed by atoms with Crippen LogP contribution in [0.5, 0.6) is 5.75 Å². The minimum atomic E-state index is 0.0191. The maximum atomic E-state index is 12.6. The Morgan fingerprint density at radius 1 is 0.914 bits per heavy atom. The van der Waals surface area contributed by atoms with Crippen LogP contribution in [-0.4, -0.2) is 28.6 Å². The van der Waals surface area contributed by atoms with Crippen LogP contribution >= 0.6 is 0 Å². The third-order valence-corrected chi connectivity index (χ3v) is 6.19. The maximum Gasteiger partial charge on any atom is 0.224 e. The molecule has 0 saturated heterocycles. The second-order valence-corrected chi connectivity index (χ2v) is 8.79. The fourth-order valence-corrected chi connectivity index (χ4v) is 4.37. The first kappa shape index (κ1) is 22.7. The third-order valence-electron chi connectivity index (χ3n) is 6.19. The second-order valence-electron chi connectivity index (χ2n) is 8.79. The van der Waals surface area contributed by atoms with Crippen molar-refractivity contribution in [1.29, 1.82) is 0 Å². The van der Waals surface area contributed by atoms with Crippen molar-refractivity contribution in [3.05, 3.63) is 108 Å². The predicted octanol–water partition coefficient (Wildman–Crippen LogP) is 5.48. The molecule has 5 aromatic rings. The van der Waals surface area contributed by atoms with E-state index in [9.17, 15) is 4.79 Å². The van der Waals surface area contributed by atoms with Gasteiger partial charge >= 0.3 is 0 Å². The molecular weight excluding hydrogens is 434 g/mol. The van der Waals surface area contributed by atoms with E-state index in [0.29, 0.717) is 32.5 Å². The zero-order valence-electron chi connectivity index (χ0n) is 19.9. The zero-order chi connectivity index (χ0) is 24.0. The van der Waals surface area contributed by atoms with Crippen LogP contribution in [0, 0.1) is 6.92 Å². The number of rotatable bonds is 9. The number of carbonyl (C=O) groups excluding carboxylic acids is 1. The molecule has 0 spiro atoms. The van der Waals surface area contributed by atoms with E-state index < -0.39 is 0 Å². The maximum absolute atomic E-state index is 12.6. The number of amides is 1. The summed E-state index contributed by atoms with van der Waals surface area (Å²) in [5.74, 6) is 1.83. The molecule has 1 amide bonds. The van der Waals surface area contributed by atoms with Crippen LogP contribution < -0.4 is 10.1 Å². The molecule has 4 aromatic carbocycles. The van der Waals surface area contributed by atoms with Crippen molar-refractivity contribution < 1.29 is 9.53 Å². The highest BCUT2D eigenvalue weighted by Crippen LogP contribution is 2.18. The van der Waals surface area contributed by atoms with Gasteiger partial charge in [-0.05, 0) is 47.5 Å². The molecule has 0 fully saturated rings. The lowest BCUT2D eigenvalue weighted by atomic mass is 10.0. The van der Waals surface area contributed by atoms with Crippen LogP contribution in [-0.2, 0) is 24.2 Å². The summed E-state index contributed by atoms with van der Waals surface area (Å²) < 4.78 is 8.15. The Labute approximate surface area is 205 Å². The van der Waals surface area contributed by atoms with Crippen LogP contribution in [0.3, 0.4) is 0 Å². The molecule has 5 rings (SSSR count). The Morgan fingerprint density at radius 3 is 2.54 bits per heavy atom. The Kier molecular flexibility index (Phi) is 6.75. The van der Waals surface area contributed by atoms with Crippen LogP contribution in [0.1, 0.15) is 17.0 Å². The molecule has 0 radical (unpaired) electrons. The predicted molar refractivity (Wildman–Crippen MR) is 141 cm³/mol. The standard InChI is InChI=1S/C30H29N3O2/c1-22-10-14-26(15-11-22)35-19-18-33-28-9-5-4-8-27(28)32-29(33)16-17-31-30(34)21-23-12-13-24-6-2-3-7-25(24)20-23/h2-15,20H,16-19,21H2,1H3,(H,31,34). The molecule has 0 atom stereocenters. The number of fused-ring (bicyclic) bond motifs is 2. The first-order valence-corrected chi connectivity index (χ1v) is 12.0. The number of nitrogens with one attached hydrogen (secondary N) is 1. The minimum absolute atomic E-state index is 0.0191. The van der Waals surface area contributed by atoms with Gasteiger partial charge in [-0.2, -0.15) is 0 Å². The van der Waals surface area contributed by atoms with E-state index in [2.05, 4.69) is 47.1 Å². The fourth-order valence-electron chi connectivity index (χ4n) is 4.37. The van der Waals surface area contributed by atoms with Gasteiger partial charge in [0.2, 0.25) is 5.91 Å². The topological polar surface area (TPSA) is 56.1 Å². The minimum Gasteiger partial charge on any atom is -0.492 e. The largest absolute Gasteiger partial charge is 0.492 e. The molecule has 0 aliphatic rings. The molecule has 1 aromatic heterocycles. The van der Waals surface area contributed by atoms with Gasteiger partial charge in [0, 0.05) is 13.0 Å². The van der Waals surface area contributed by atoms with Gasteiger partial charge in [-0.15, -0.1) is 0 Å². The van der Waals surface area contributed by atoms with E-state index in [1.165, 1.54) is 10.9 Å². The van der Waals surface area contributed by atoms with E-state index in [-0.39, 0.29) is 5.91 Å². The molecule has 0 saturated carbocycles. The van der Waals surface area contributed by atoms with Gasteiger partial charge in [-0.3, -0.25) is 4.79 Å². The lowest BCUT2D eigenvalue weighted by molar-refractivity contribution is -0.120. The highest BCUT2D eigenvalue weighted by atomic mass is 16.5. The molecule has 0 unspecified atom stereocenters. The van der Waals surface area contributed by atoms with Crippen molar-refractivity contribution in [2.75, 3.05) is 13.2 Å². The van der Waals surface area contributed by atoms with Crippen molar-refractivity contribution in [1.82, 2.24) is 14.9 Å². The van der Waals surface area contributed by atoms with Crippen LogP contribution in [0.4, 0.5) is 0 Å². The Hall–Kier alpha value is -4.12. The Morgan fingerprint density at radius 2 is 1.69 bits per heavy atom. The number of carbonyl (C=O) groups is 1. The molecule has 5 nitrogen and oxygen atoms in total. The number of aromatic nitrogens is 2. The molecule has 0 aliphatic heterocycles. The van der Waals surface area contributed by atoms with E-state index >= 15 is 0 Å². The van der Waals surface area contributed by atoms with Gasteiger partial charge in [-0.1, -0.05) is 72.3 Å². The Bertz CT molecular complexity index is 1450. The quantitative estimate of drug-likeness (QED) is 0.315. The van der Waals surface area contributed by atoms with E-state index in [4.69, 9.17) is 9.72 Å². The highest BCUT2D eigenvalue weighted by molar-refractivity contribution is 5.85. The van der Waals surface area contributed by atoms with Crippen LogP contribution in [0.15, 0.2) is 91.0 Å². The normalized spacial score (nSPS) is 11.1. The van der Waals surface area contributed by atoms with Gasteiger partial charge in [0.25, 0.3) is 0 Å². The van der Waals surface area contributed by atoms with E-state index in [1.54, 1.807) is 0 Å². The monoisotopic (exact) mass is 463 g/mol. The number of benzene rings is 4. The number of aryl methyl sites for hydroxylation is 1. The molecule has 0 bridgehead atoms. The van der Waals surface area contributed by atoms with Crippen molar-refractivity contribution in [2.24, 2.45) is 0 Å². The summed E-state index contributed by atoms with van der Waals surface area (Å²) in [6.45, 7) is 3.84. The second kappa shape index (κ2) is 10.4. The van der Waals surface area contributed by atoms with Crippen molar-refractivity contribution in [3.63, 3.8) is 0 Å². The fraction of sp³-hybridized carbons (Fsp3) is 0.200. The highest BCUT2D eigenvalue weighted by Gasteiger charge is 2.11. The zero-order valence-corrected chi connectivity index (χ0v) is 19.9. The first-order valence-electron chi connectivity index (χ1n) is 12.0. The lowest BCUT2D eigenvalue weighted by Gasteiger charge is -2.12. The summed E-state index contributed by atoms with van der Waals surface area (Å²) in [7, 11) is 0. The summed E-state index contributed by atoms with van der Waals surface area (Å²) >= 11 is 0. The summed E-state index contributed by atoms with van der Waals surface area (Å²) in [5, 5.41) is 5.40. The van der Waals surface area contributed by atoms with Crippen LogP contribution in [0.2, 0.25) is 0 Å². The van der Waals surface area contributed by atoms with Gasteiger partial charge < -0.3 is 14.6 Å². The summed E-state index contributed by atoms with van der Waals surface area (Å²) in [4.78, 5) is 17.4. The summed E-state index contributed by atoms with van der Waals surface area (Å²) in [5.41, 5.74) is 4.27. The number of imidazole rings is 1. The molecule has 176 valence electrons. The number of ether oxygens (including phenoxy) is 1. The average molecular weight is 464 g/mol. The van der Waals surface area contributed by atoms with Crippen molar-refractivity contribution in [3.8, 4) is 5.75 Å². The average Bonchev–Trinajstić information content (AvgIpc) is 3.22. The SMILES string of the molecule is Cc1ccc(OCCn2c(CCNC(=O)Cc3ccc4ccccc4c3)nc3ccccc32)cc1. The van der Waals surface area contributed by atoms with E-state index in [1.807, 2.05) is 60.7 Å². The van der Waals surface area contributed by atoms with Crippen molar-refractivity contribution >= 4 is 27.7 Å². The lowest BCUT2D eigenvalue weighted by Crippen LogP contribution is -2.28. The van der Waals surface area contributed by atoms with E-state index in [0.717, 1.165) is 33.6 Å². The summed E-state index contributed by atoms with van der Waals surface area (Å²) in [6, 6.07) is 30.6. The molecular formula is C30H29N3O2. The van der Waals surface area contributed by atoms with Crippen molar-refractivity contribution in [2.45, 2.75) is 26.3 Å². The molecule has 5 heteroatoms. The van der Waals surface area contributed by atoms with Gasteiger partial charge in [0.1, 0.15) is 18.2 Å². The smallest absolute Gasteiger partial charge is 0.224 e. The van der Waals surface area contributed by atoms with Gasteiger partial charge in [0.05, 0.1) is 24.0 Å². The number of hydrogen-bond donors (Lipinski definition) is 1. The Balaban J connectivity index is 1.20. The third kappa shape index (κ3) is 5.52. The molecule has 1 heterocycles.